The van der Waals surface area contributed by atoms with E-state index in [4.69, 9.17) is 16.6 Å². The fourth-order valence-electron chi connectivity index (χ4n) is 3.43. The van der Waals surface area contributed by atoms with Gasteiger partial charge in [-0.2, -0.15) is 4.99 Å². The zero-order valence-corrected chi connectivity index (χ0v) is 17.4. The molecule has 4 nitrogen and oxygen atoms in total. The van der Waals surface area contributed by atoms with Crippen molar-refractivity contribution in [2.24, 2.45) is 4.99 Å². The summed E-state index contributed by atoms with van der Waals surface area (Å²) in [6, 6.07) is 7.79. The molecular formula is C20H20ClN3OS2. The van der Waals surface area contributed by atoms with Crippen LogP contribution in [0, 0.1) is 6.92 Å². The van der Waals surface area contributed by atoms with Crippen LogP contribution in [0.25, 0.3) is 6.08 Å². The number of hydrogen-bond acceptors (Lipinski definition) is 5. The second-order valence-electron chi connectivity index (χ2n) is 6.76. The molecule has 27 heavy (non-hydrogen) atoms. The lowest BCUT2D eigenvalue weighted by Gasteiger charge is -2.30. The molecule has 2 aromatic rings. The smallest absolute Gasteiger partial charge is 0.267 e. The van der Waals surface area contributed by atoms with Gasteiger partial charge in [0.1, 0.15) is 0 Å². The van der Waals surface area contributed by atoms with Gasteiger partial charge in [-0.25, -0.2) is 4.98 Å². The molecule has 2 fully saturated rings. The number of amidine groups is 1. The number of rotatable bonds is 3. The van der Waals surface area contributed by atoms with E-state index in [-0.39, 0.29) is 11.9 Å². The molecule has 1 amide bonds. The minimum atomic E-state index is 0.0267. The van der Waals surface area contributed by atoms with Gasteiger partial charge >= 0.3 is 0 Å². The van der Waals surface area contributed by atoms with Crippen molar-refractivity contribution in [3.63, 3.8) is 0 Å². The van der Waals surface area contributed by atoms with Gasteiger partial charge < -0.3 is 0 Å². The number of hydrogen-bond donors (Lipinski definition) is 0. The first-order valence-corrected chi connectivity index (χ1v) is 11.2. The maximum Gasteiger partial charge on any atom is 0.267 e. The lowest BCUT2D eigenvalue weighted by Crippen LogP contribution is -2.40. The molecule has 2 heterocycles. The topological polar surface area (TPSA) is 45.6 Å². The molecule has 1 aliphatic carbocycles. The molecule has 2 aliphatic rings. The van der Waals surface area contributed by atoms with Gasteiger partial charge in [0.05, 0.1) is 10.6 Å². The van der Waals surface area contributed by atoms with Crippen LogP contribution >= 0.6 is 34.7 Å². The van der Waals surface area contributed by atoms with Gasteiger partial charge in [0.25, 0.3) is 5.91 Å². The molecule has 1 saturated heterocycles. The zero-order chi connectivity index (χ0) is 18.8. The minimum absolute atomic E-state index is 0.0267. The molecular weight excluding hydrogens is 398 g/mol. The van der Waals surface area contributed by atoms with Gasteiger partial charge in [-0.1, -0.05) is 49.1 Å². The van der Waals surface area contributed by atoms with Crippen LogP contribution in [0.5, 0.6) is 0 Å². The Hall–Kier alpha value is -1.63. The van der Waals surface area contributed by atoms with Crippen LogP contribution in [0.1, 0.15) is 43.4 Å². The van der Waals surface area contributed by atoms with Crippen molar-refractivity contribution in [1.29, 1.82) is 0 Å². The summed E-state index contributed by atoms with van der Waals surface area (Å²) in [5.41, 5.74) is 1.80. The Morgan fingerprint density at radius 2 is 2.04 bits per heavy atom. The predicted molar refractivity (Wildman–Crippen MR) is 115 cm³/mol. The minimum Gasteiger partial charge on any atom is -0.283 e. The number of aliphatic imine (C=N–C) groups is 1. The van der Waals surface area contributed by atoms with Crippen molar-refractivity contribution >= 4 is 57.0 Å². The maximum absolute atomic E-state index is 13.2. The maximum atomic E-state index is 13.2. The summed E-state index contributed by atoms with van der Waals surface area (Å²) in [7, 11) is 0. The lowest BCUT2D eigenvalue weighted by molar-refractivity contribution is -0.124. The number of aryl methyl sites for hydroxylation is 1. The third-order valence-electron chi connectivity index (χ3n) is 4.77. The zero-order valence-electron chi connectivity index (χ0n) is 15.0. The van der Waals surface area contributed by atoms with Gasteiger partial charge in [-0.3, -0.25) is 9.69 Å². The molecule has 1 aromatic carbocycles. The predicted octanol–water partition coefficient (Wildman–Crippen LogP) is 6.04. The van der Waals surface area contributed by atoms with Gasteiger partial charge in [0.15, 0.2) is 5.17 Å². The summed E-state index contributed by atoms with van der Waals surface area (Å²) < 4.78 is 0. The molecule has 0 atom stereocenters. The number of halogens is 1. The van der Waals surface area contributed by atoms with Crippen molar-refractivity contribution in [1.82, 2.24) is 9.88 Å². The Kier molecular flexibility index (Phi) is 5.66. The largest absolute Gasteiger partial charge is 0.283 e. The summed E-state index contributed by atoms with van der Waals surface area (Å²) >= 11 is 9.21. The van der Waals surface area contributed by atoms with E-state index < -0.39 is 0 Å². The molecule has 0 unspecified atom stereocenters. The highest BCUT2D eigenvalue weighted by molar-refractivity contribution is 8.18. The number of aromatic nitrogens is 1. The van der Waals surface area contributed by atoms with Crippen molar-refractivity contribution in [2.45, 2.75) is 45.1 Å². The van der Waals surface area contributed by atoms with E-state index in [9.17, 15) is 4.79 Å². The average Bonchev–Trinajstić information content (AvgIpc) is 3.21. The van der Waals surface area contributed by atoms with Gasteiger partial charge in [0.2, 0.25) is 5.13 Å². The fraction of sp³-hybridized carbons (Fsp3) is 0.350. The quantitative estimate of drug-likeness (QED) is 0.571. The van der Waals surface area contributed by atoms with Crippen molar-refractivity contribution in [3.8, 4) is 0 Å². The summed E-state index contributed by atoms with van der Waals surface area (Å²) in [5.74, 6) is 0.0267. The Morgan fingerprint density at radius 1 is 1.26 bits per heavy atom. The molecule has 140 valence electrons. The Morgan fingerprint density at radius 3 is 2.74 bits per heavy atom. The van der Waals surface area contributed by atoms with E-state index in [0.717, 1.165) is 42.1 Å². The molecule has 0 spiro atoms. The monoisotopic (exact) mass is 417 g/mol. The average molecular weight is 418 g/mol. The highest BCUT2D eigenvalue weighted by atomic mass is 35.5. The van der Waals surface area contributed by atoms with E-state index in [1.807, 2.05) is 47.5 Å². The third-order valence-corrected chi connectivity index (χ3v) is 6.95. The fourth-order valence-corrected chi connectivity index (χ4v) is 5.38. The summed E-state index contributed by atoms with van der Waals surface area (Å²) in [5, 5.41) is 4.05. The summed E-state index contributed by atoms with van der Waals surface area (Å²) in [6.45, 7) is 1.95. The first kappa shape index (κ1) is 18.7. The third kappa shape index (κ3) is 4.13. The van der Waals surface area contributed by atoms with Crippen molar-refractivity contribution in [2.75, 3.05) is 0 Å². The van der Waals surface area contributed by atoms with Gasteiger partial charge in [-0.15, -0.1) is 11.3 Å². The van der Waals surface area contributed by atoms with Crippen LogP contribution in [0.15, 0.2) is 39.5 Å². The second kappa shape index (κ2) is 8.17. The van der Waals surface area contributed by atoms with Crippen LogP contribution in [0.3, 0.4) is 0 Å². The van der Waals surface area contributed by atoms with E-state index >= 15 is 0 Å². The molecule has 1 saturated carbocycles. The van der Waals surface area contributed by atoms with Crippen molar-refractivity contribution < 1.29 is 4.79 Å². The number of carbonyl (C=O) groups is 1. The molecule has 0 bridgehead atoms. The van der Waals surface area contributed by atoms with Crippen LogP contribution < -0.4 is 0 Å². The van der Waals surface area contributed by atoms with Crippen LogP contribution in [-0.4, -0.2) is 27.0 Å². The summed E-state index contributed by atoms with van der Waals surface area (Å²) in [4.78, 5) is 24.9. The van der Waals surface area contributed by atoms with E-state index in [1.165, 1.54) is 29.5 Å². The highest BCUT2D eigenvalue weighted by Gasteiger charge is 2.38. The molecule has 1 aromatic heterocycles. The second-order valence-corrected chi connectivity index (χ2v) is 9.02. The highest BCUT2D eigenvalue weighted by Crippen LogP contribution is 2.39. The number of carbonyl (C=O) groups excluding carboxylic acids is 1. The van der Waals surface area contributed by atoms with Crippen molar-refractivity contribution in [3.05, 3.63) is 50.8 Å². The Bertz CT molecular complexity index is 915. The first-order valence-electron chi connectivity index (χ1n) is 9.10. The molecule has 0 N–H and O–H groups in total. The normalized spacial score (nSPS) is 21.6. The van der Waals surface area contributed by atoms with Crippen LogP contribution in [0.2, 0.25) is 5.02 Å². The number of thioether (sulfide) groups is 1. The van der Waals surface area contributed by atoms with Gasteiger partial charge in [-0.05, 0) is 49.2 Å². The molecule has 4 rings (SSSR count). The molecule has 1 aliphatic heterocycles. The van der Waals surface area contributed by atoms with E-state index in [0.29, 0.717) is 15.1 Å². The van der Waals surface area contributed by atoms with Gasteiger partial charge in [0, 0.05) is 16.4 Å². The van der Waals surface area contributed by atoms with Crippen LogP contribution in [0.4, 0.5) is 5.13 Å². The molecule has 7 heteroatoms. The SMILES string of the molecule is Cc1csc(/N=C2/S/C(=C\c3ccccc3Cl)C(=O)N2C2CCCCC2)n1. The number of amides is 1. The number of thiazole rings is 1. The Labute approximate surface area is 172 Å². The summed E-state index contributed by atoms with van der Waals surface area (Å²) in [6.07, 6.45) is 7.49. The number of nitrogens with zero attached hydrogens (tertiary/aromatic N) is 3. The number of benzene rings is 1. The Balaban J connectivity index is 1.71. The first-order chi connectivity index (χ1) is 13.1. The van der Waals surface area contributed by atoms with E-state index in [1.54, 1.807) is 0 Å². The molecule has 0 radical (unpaired) electrons. The standard InChI is InChI=1S/C20H20ClN3OS2/c1-13-12-26-19(22-13)23-20-24(15-8-3-2-4-9-15)18(25)17(27-20)11-14-7-5-6-10-16(14)21/h5-7,10-12,15H,2-4,8-9H2,1H3/b17-11-,23-20+. The lowest BCUT2D eigenvalue weighted by atomic mass is 9.94. The van der Waals surface area contributed by atoms with E-state index in [2.05, 4.69) is 4.98 Å². The van der Waals surface area contributed by atoms with Crippen LogP contribution in [-0.2, 0) is 4.79 Å².